The first-order valence-electron chi connectivity index (χ1n) is 17.4. The van der Waals surface area contributed by atoms with Crippen LogP contribution in [0.25, 0.3) is 6.08 Å². The molecule has 45 heavy (non-hydrogen) atoms. The van der Waals surface area contributed by atoms with Crippen LogP contribution in [-0.4, -0.2) is 51.8 Å². The number of unbranched alkanes of at least 4 members (excludes halogenated alkanes) is 11. The molecular formula is C35H59N3O3S4. The average Bonchev–Trinajstić information content (AvgIpc) is 3.47. The van der Waals surface area contributed by atoms with Crippen LogP contribution in [0.2, 0.25) is 0 Å². The highest BCUT2D eigenvalue weighted by atomic mass is 32.2. The monoisotopic (exact) mass is 697 g/mol. The first-order chi connectivity index (χ1) is 21.7. The maximum absolute atomic E-state index is 12.7. The van der Waals surface area contributed by atoms with Gasteiger partial charge in [0.1, 0.15) is 4.32 Å². The van der Waals surface area contributed by atoms with E-state index in [0.29, 0.717) is 15.8 Å². The quantitative estimate of drug-likeness (QED) is 0.0546. The van der Waals surface area contributed by atoms with E-state index in [2.05, 4.69) is 44.4 Å². The minimum Gasteiger partial charge on any atom is -0.550 e. The van der Waals surface area contributed by atoms with E-state index in [1.165, 1.54) is 82.0 Å². The van der Waals surface area contributed by atoms with Crippen LogP contribution in [0.5, 0.6) is 0 Å². The number of carbonyl (C=O) groups excluding carboxylic acids is 2. The Morgan fingerprint density at radius 1 is 0.800 bits per heavy atom. The van der Waals surface area contributed by atoms with Crippen LogP contribution in [0.4, 0.5) is 0 Å². The summed E-state index contributed by atoms with van der Waals surface area (Å²) >= 11 is 14.0. The van der Waals surface area contributed by atoms with Crippen molar-refractivity contribution in [1.29, 1.82) is 0 Å². The van der Waals surface area contributed by atoms with Gasteiger partial charge in [-0.15, -0.1) is 11.3 Å². The molecule has 0 aliphatic carbocycles. The summed E-state index contributed by atoms with van der Waals surface area (Å²) in [6.45, 7) is 16.0. The second-order valence-corrected chi connectivity index (χ2v) is 14.8. The van der Waals surface area contributed by atoms with E-state index < -0.39 is 5.97 Å². The summed E-state index contributed by atoms with van der Waals surface area (Å²) in [5.74, 6) is -0.925. The summed E-state index contributed by atoms with van der Waals surface area (Å²) in [7, 11) is 0. The van der Waals surface area contributed by atoms with E-state index in [1.54, 1.807) is 21.1 Å². The van der Waals surface area contributed by atoms with E-state index in [-0.39, 0.29) is 12.3 Å². The number of likely N-dealkylation sites (N-methyl/N-ethyl adjacent to an activating group) is 1. The van der Waals surface area contributed by atoms with Crippen molar-refractivity contribution in [3.63, 3.8) is 0 Å². The normalized spacial score (nSPS) is 14.3. The second-order valence-electron chi connectivity index (χ2n) is 11.5. The number of carbonyl (C=O) groups is 2. The smallest absolute Gasteiger partial charge is 0.266 e. The Hall–Kier alpha value is -1.33. The SMILES string of the molecule is CCN1C(=O)C(=Cc2sc(=S)n(CC)c2CCCCCCCC/C=C\CCCCCCCC(=O)[O-])SC1=S.CC[NH+](CC)CC. The van der Waals surface area contributed by atoms with Crippen molar-refractivity contribution in [2.75, 3.05) is 26.2 Å². The lowest BCUT2D eigenvalue weighted by atomic mass is 10.1. The Morgan fingerprint density at radius 3 is 1.80 bits per heavy atom. The summed E-state index contributed by atoms with van der Waals surface area (Å²) in [6, 6.07) is 0. The Kier molecular flexibility index (Phi) is 23.8. The van der Waals surface area contributed by atoms with Crippen molar-refractivity contribution in [3.8, 4) is 0 Å². The average molecular weight is 698 g/mol. The van der Waals surface area contributed by atoms with Gasteiger partial charge in [-0.05, 0) is 104 Å². The molecule has 256 valence electrons. The molecule has 0 aromatic carbocycles. The minimum atomic E-state index is -0.933. The van der Waals surface area contributed by atoms with Crippen molar-refractivity contribution >= 4 is 69.8 Å². The lowest BCUT2D eigenvalue weighted by molar-refractivity contribution is -0.894. The third-order valence-corrected chi connectivity index (χ3v) is 11.1. The van der Waals surface area contributed by atoms with E-state index in [1.807, 2.05) is 13.0 Å². The molecule has 0 atom stereocenters. The van der Waals surface area contributed by atoms with E-state index in [9.17, 15) is 14.7 Å². The number of rotatable bonds is 23. The number of thiocarbonyl (C=S) groups is 1. The van der Waals surface area contributed by atoms with Gasteiger partial charge in [-0.25, -0.2) is 0 Å². The van der Waals surface area contributed by atoms with E-state index >= 15 is 0 Å². The molecule has 1 aromatic rings. The molecule has 1 saturated heterocycles. The van der Waals surface area contributed by atoms with Gasteiger partial charge >= 0.3 is 0 Å². The maximum atomic E-state index is 12.7. The number of thioether (sulfide) groups is 1. The molecule has 0 unspecified atom stereocenters. The zero-order valence-corrected chi connectivity index (χ0v) is 31.9. The minimum absolute atomic E-state index is 0.00810. The number of aromatic nitrogens is 1. The van der Waals surface area contributed by atoms with Gasteiger partial charge in [0.15, 0.2) is 3.95 Å². The van der Waals surface area contributed by atoms with Gasteiger partial charge in [0.2, 0.25) is 0 Å². The highest BCUT2D eigenvalue weighted by Gasteiger charge is 2.31. The molecule has 1 aliphatic rings. The lowest BCUT2D eigenvalue weighted by Crippen LogP contribution is -3.11. The molecule has 1 amide bonds. The van der Waals surface area contributed by atoms with Crippen molar-refractivity contribution in [2.24, 2.45) is 0 Å². The predicted octanol–water partition coefficient (Wildman–Crippen LogP) is 7.76. The molecule has 6 nitrogen and oxygen atoms in total. The summed E-state index contributed by atoms with van der Waals surface area (Å²) in [5.41, 5.74) is 1.26. The molecule has 2 heterocycles. The fourth-order valence-corrected chi connectivity index (χ4v) is 8.34. The number of nitrogens with zero attached hydrogens (tertiary/aromatic N) is 2. The largest absolute Gasteiger partial charge is 0.550 e. The number of allylic oxidation sites excluding steroid dienone is 2. The Bertz CT molecular complexity index is 1120. The number of quaternary nitrogens is 1. The van der Waals surface area contributed by atoms with Crippen molar-refractivity contribution in [1.82, 2.24) is 9.47 Å². The molecule has 0 saturated carbocycles. The molecule has 2 rings (SSSR count). The van der Waals surface area contributed by atoms with Crippen molar-refractivity contribution in [3.05, 3.63) is 31.6 Å². The van der Waals surface area contributed by atoms with Crippen LogP contribution >= 0.6 is 47.5 Å². The zero-order chi connectivity index (χ0) is 33.5. The number of hydrogen-bond acceptors (Lipinski definition) is 7. The fraction of sp³-hybridized carbons (Fsp3) is 0.714. The molecule has 0 spiro atoms. The molecule has 0 bridgehead atoms. The Labute approximate surface area is 292 Å². The van der Waals surface area contributed by atoms with Crippen molar-refractivity contribution < 1.29 is 19.6 Å². The number of aliphatic carboxylic acids is 1. The molecular weight excluding hydrogens is 639 g/mol. The zero-order valence-electron chi connectivity index (χ0n) is 28.6. The standard InChI is InChI=1S/C29H44N2O3S4.C6H15N/c1-3-30-23(24(37-28(30)35)22-25-27(34)31(4-2)29(36)38-25)20-18-16-14-12-10-8-6-5-7-9-11-13-15-17-19-21-26(32)33;1-4-7(5-2)6-3/h5,7,22H,3-4,6,8-21H2,1-2H3,(H,32,33);4-6H2,1-3H3/b7-5-,25-22?;. The third-order valence-electron chi connectivity index (χ3n) is 8.25. The second kappa shape index (κ2) is 25.7. The Morgan fingerprint density at radius 2 is 1.33 bits per heavy atom. The maximum Gasteiger partial charge on any atom is 0.266 e. The molecule has 1 fully saturated rings. The summed E-state index contributed by atoms with van der Waals surface area (Å²) < 4.78 is 3.73. The van der Waals surface area contributed by atoms with Crippen molar-refractivity contribution in [2.45, 2.75) is 137 Å². The molecule has 1 N–H and O–H groups in total. The highest BCUT2D eigenvalue weighted by Crippen LogP contribution is 2.34. The van der Waals surface area contributed by atoms with Crippen LogP contribution in [-0.2, 0) is 22.6 Å². The van der Waals surface area contributed by atoms with E-state index in [4.69, 9.17) is 24.4 Å². The highest BCUT2D eigenvalue weighted by molar-refractivity contribution is 8.26. The number of thiazole rings is 1. The fourth-order valence-electron chi connectivity index (χ4n) is 5.34. The van der Waals surface area contributed by atoms with Crippen LogP contribution < -0.4 is 10.0 Å². The van der Waals surface area contributed by atoms with Crippen LogP contribution in [0, 0.1) is 3.95 Å². The van der Waals surface area contributed by atoms with Gasteiger partial charge in [0.25, 0.3) is 5.91 Å². The number of hydrogen-bond donors (Lipinski definition) is 1. The number of carboxylic acid groups (broad SMARTS) is 1. The van der Waals surface area contributed by atoms with Gasteiger partial charge in [-0.3, -0.25) is 9.69 Å². The third kappa shape index (κ3) is 16.9. The molecule has 10 heteroatoms. The van der Waals surface area contributed by atoms with Gasteiger partial charge in [0, 0.05) is 24.8 Å². The topological polar surface area (TPSA) is 69.8 Å². The van der Waals surface area contributed by atoms with Gasteiger partial charge < -0.3 is 19.4 Å². The van der Waals surface area contributed by atoms with Gasteiger partial charge in [-0.2, -0.15) is 0 Å². The number of nitrogens with one attached hydrogen (secondary N) is 1. The molecule has 1 aromatic heterocycles. The summed E-state index contributed by atoms with van der Waals surface area (Å²) in [5, 5.41) is 10.4. The predicted molar refractivity (Wildman–Crippen MR) is 199 cm³/mol. The first kappa shape index (κ1) is 41.7. The van der Waals surface area contributed by atoms with Crippen LogP contribution in [0.1, 0.15) is 135 Å². The molecule has 0 radical (unpaired) electrons. The van der Waals surface area contributed by atoms with E-state index in [0.717, 1.165) is 60.3 Å². The van der Waals surface area contributed by atoms with Gasteiger partial charge in [0.05, 0.1) is 29.4 Å². The first-order valence-corrected chi connectivity index (χ1v) is 19.8. The number of amides is 1. The summed E-state index contributed by atoms with van der Waals surface area (Å²) in [6.07, 6.45) is 22.7. The number of carboxylic acids is 1. The Balaban J connectivity index is 0.00000129. The van der Waals surface area contributed by atoms with Gasteiger partial charge in [-0.1, -0.05) is 81.1 Å². The van der Waals surface area contributed by atoms with Crippen LogP contribution in [0.15, 0.2) is 17.1 Å². The summed E-state index contributed by atoms with van der Waals surface area (Å²) in [4.78, 5) is 28.2. The molecule has 1 aliphatic heterocycles. The lowest BCUT2D eigenvalue weighted by Gasteiger charge is -2.10. The van der Waals surface area contributed by atoms with Crippen LogP contribution in [0.3, 0.4) is 0 Å².